The summed E-state index contributed by atoms with van der Waals surface area (Å²) < 4.78 is 18.0. The second kappa shape index (κ2) is 25.4. The Labute approximate surface area is 546 Å². The summed E-state index contributed by atoms with van der Waals surface area (Å²) in [6, 6.07) is 13.2. The molecule has 18 atom stereocenters. The van der Waals surface area contributed by atoms with Crippen molar-refractivity contribution in [3.05, 3.63) is 48.8 Å². The van der Waals surface area contributed by atoms with Crippen molar-refractivity contribution in [2.24, 2.45) is 98.6 Å². The molecular weight excluding hydrogens is 1150 g/mol. The third-order valence-corrected chi connectivity index (χ3v) is 27.5. The Bertz CT molecular complexity index is 3530. The number of alkyl carbamates (subject to hydrolysis) is 1. The van der Waals surface area contributed by atoms with E-state index in [-0.39, 0.29) is 30.5 Å². The molecule has 0 spiro atoms. The number of hydrogen-bond donors (Lipinski definition) is 3. The molecular formula is C76H108N8O8. The maximum absolute atomic E-state index is 13.8. The molecule has 8 aliphatic rings. The SMILES string of the molecule is C[C@H](CCC(=O)O)C1CC2C3C[C@H](C)[C@@H]4CC(OC(=O)Cn5cc(-c6ccc7c8ccc(-c9cn(CC%10CCC%11(C)C(CCC%12C%13CCC(CCCC(=O)O)C%13(C)CCC%12%11)C%10)nn9)cc8n(CCCCCNC(=O)OC(C)(C)C)c7c6)nn5)CCC4(C)C3CCC21C. The molecule has 8 saturated carbocycles. The van der Waals surface area contributed by atoms with Crippen LogP contribution in [0, 0.1) is 98.6 Å². The van der Waals surface area contributed by atoms with Gasteiger partial charge in [0.15, 0.2) is 0 Å². The fraction of sp³-hybridized carbons (Fsp3) is 0.737. The van der Waals surface area contributed by atoms with Crippen LogP contribution in [0.4, 0.5) is 4.79 Å². The van der Waals surface area contributed by atoms with Crippen LogP contribution in [0.5, 0.6) is 0 Å². The molecule has 0 radical (unpaired) electrons. The van der Waals surface area contributed by atoms with Crippen LogP contribution in [0.1, 0.15) is 216 Å². The van der Waals surface area contributed by atoms with Crippen LogP contribution in [-0.4, -0.2) is 87.0 Å². The molecule has 3 heterocycles. The van der Waals surface area contributed by atoms with Gasteiger partial charge in [0.05, 0.1) is 12.4 Å². The number of fused-ring (bicyclic) bond motifs is 13. The molecule has 0 saturated heterocycles. The van der Waals surface area contributed by atoms with Crippen molar-refractivity contribution in [1.82, 2.24) is 39.9 Å². The first-order valence-corrected chi connectivity index (χ1v) is 36.4. The van der Waals surface area contributed by atoms with Crippen molar-refractivity contribution < 1.29 is 38.9 Å². The number of rotatable bonds is 21. The summed E-state index contributed by atoms with van der Waals surface area (Å²) in [5, 5.41) is 42.7. The van der Waals surface area contributed by atoms with Gasteiger partial charge in [-0.15, -0.1) is 10.2 Å². The molecule has 3 aromatic heterocycles. The van der Waals surface area contributed by atoms with Gasteiger partial charge in [-0.05, 0) is 273 Å². The van der Waals surface area contributed by atoms with Gasteiger partial charge in [0.2, 0.25) is 0 Å². The summed E-state index contributed by atoms with van der Waals surface area (Å²) in [6.45, 7) is 22.9. The normalized spacial score (nSPS) is 35.1. The summed E-state index contributed by atoms with van der Waals surface area (Å²) in [6.07, 6.45) is 29.0. The quantitative estimate of drug-likeness (QED) is 0.0464. The fourth-order valence-corrected chi connectivity index (χ4v) is 22.8. The highest BCUT2D eigenvalue weighted by Gasteiger charge is 2.65. The number of aliphatic carboxylic acids is 2. The van der Waals surface area contributed by atoms with Gasteiger partial charge in [-0.3, -0.25) is 19.1 Å². The predicted octanol–water partition coefficient (Wildman–Crippen LogP) is 16.5. The largest absolute Gasteiger partial charge is 0.481 e. The Morgan fingerprint density at radius 1 is 0.663 bits per heavy atom. The van der Waals surface area contributed by atoms with Gasteiger partial charge in [-0.1, -0.05) is 76.2 Å². The van der Waals surface area contributed by atoms with Crippen molar-refractivity contribution in [2.75, 3.05) is 6.54 Å². The number of esters is 1. The number of nitrogens with one attached hydrogen (secondary N) is 1. The van der Waals surface area contributed by atoms with E-state index in [1.54, 1.807) is 4.68 Å². The van der Waals surface area contributed by atoms with Crippen LogP contribution in [0.15, 0.2) is 48.8 Å². The summed E-state index contributed by atoms with van der Waals surface area (Å²) in [7, 11) is 0. The number of hydrogen-bond acceptors (Lipinski definition) is 10. The van der Waals surface area contributed by atoms with Crippen molar-refractivity contribution in [2.45, 2.75) is 248 Å². The number of aromatic nitrogens is 7. The minimum Gasteiger partial charge on any atom is -0.481 e. The van der Waals surface area contributed by atoms with Crippen LogP contribution >= 0.6 is 0 Å². The van der Waals surface area contributed by atoms with E-state index >= 15 is 0 Å². The van der Waals surface area contributed by atoms with Crippen molar-refractivity contribution in [1.29, 1.82) is 0 Å². The maximum Gasteiger partial charge on any atom is 0.407 e. The second-order valence-electron chi connectivity index (χ2n) is 33.5. The lowest BCUT2D eigenvalue weighted by atomic mass is 9.36. The lowest BCUT2D eigenvalue weighted by Gasteiger charge is -2.69. The molecule has 0 aliphatic heterocycles. The van der Waals surface area contributed by atoms with Gasteiger partial charge in [0.25, 0.3) is 0 Å². The zero-order valence-electron chi connectivity index (χ0n) is 57.0. The number of carbonyl (C=O) groups is 4. The molecule has 15 unspecified atom stereocenters. The molecule has 13 rings (SSSR count). The number of unbranched alkanes of at least 4 members (excludes halogenated alkanes) is 2. The second-order valence-corrected chi connectivity index (χ2v) is 33.5. The molecule has 8 aliphatic carbocycles. The molecule has 8 fully saturated rings. The number of ether oxygens (including phenoxy) is 2. The third-order valence-electron chi connectivity index (χ3n) is 27.5. The van der Waals surface area contributed by atoms with E-state index in [1.165, 1.54) is 83.5 Å². The first-order valence-electron chi connectivity index (χ1n) is 36.4. The maximum atomic E-state index is 13.8. The predicted molar refractivity (Wildman–Crippen MR) is 357 cm³/mol. The lowest BCUT2D eigenvalue weighted by Crippen LogP contribution is -2.62. The average Bonchev–Trinajstić information content (AvgIpc) is 0.860. The number of nitrogens with zero attached hydrogens (tertiary/aromatic N) is 7. The van der Waals surface area contributed by atoms with Crippen LogP contribution in [0.2, 0.25) is 0 Å². The summed E-state index contributed by atoms with van der Waals surface area (Å²) in [4.78, 5) is 49.1. The Kier molecular flexibility index (Phi) is 17.9. The van der Waals surface area contributed by atoms with Crippen molar-refractivity contribution in [3.63, 3.8) is 0 Å². The number of carboxylic acid groups (broad SMARTS) is 2. The van der Waals surface area contributed by atoms with Crippen LogP contribution < -0.4 is 5.32 Å². The van der Waals surface area contributed by atoms with E-state index in [9.17, 15) is 29.4 Å². The minimum atomic E-state index is -0.682. The third kappa shape index (κ3) is 12.4. The van der Waals surface area contributed by atoms with Crippen LogP contribution in [0.3, 0.4) is 0 Å². The Morgan fingerprint density at radius 2 is 1.32 bits per heavy atom. The Hall–Kier alpha value is -5.80. The highest BCUT2D eigenvalue weighted by molar-refractivity contribution is 6.10. The molecule has 16 nitrogen and oxygen atoms in total. The van der Waals surface area contributed by atoms with E-state index in [0.29, 0.717) is 76.3 Å². The Morgan fingerprint density at radius 3 is 2.02 bits per heavy atom. The summed E-state index contributed by atoms with van der Waals surface area (Å²) in [5.74, 6) is 7.07. The van der Waals surface area contributed by atoms with E-state index < -0.39 is 23.6 Å². The molecule has 92 heavy (non-hydrogen) atoms. The zero-order chi connectivity index (χ0) is 64.6. The molecule has 0 bridgehead atoms. The van der Waals surface area contributed by atoms with Crippen LogP contribution in [-0.2, 0) is 43.5 Å². The van der Waals surface area contributed by atoms with Gasteiger partial charge < -0.3 is 29.6 Å². The highest BCUT2D eigenvalue weighted by Crippen LogP contribution is 2.72. The van der Waals surface area contributed by atoms with E-state index in [2.05, 4.69) is 109 Å². The van der Waals surface area contributed by atoms with Gasteiger partial charge >= 0.3 is 24.0 Å². The van der Waals surface area contributed by atoms with Gasteiger partial charge in [0.1, 0.15) is 29.6 Å². The van der Waals surface area contributed by atoms with Gasteiger partial charge in [-0.25, -0.2) is 9.48 Å². The molecule has 2 aromatic carbocycles. The molecule has 500 valence electrons. The number of amides is 1. The number of carboxylic acids is 2. The van der Waals surface area contributed by atoms with E-state index in [4.69, 9.17) is 19.8 Å². The zero-order valence-corrected chi connectivity index (χ0v) is 57.0. The molecule has 3 N–H and O–H groups in total. The first kappa shape index (κ1) is 64.9. The monoisotopic (exact) mass is 1260 g/mol. The van der Waals surface area contributed by atoms with E-state index in [0.717, 1.165) is 145 Å². The van der Waals surface area contributed by atoms with Crippen LogP contribution in [0.25, 0.3) is 44.3 Å². The molecule has 5 aromatic rings. The smallest absolute Gasteiger partial charge is 0.407 e. The number of carbonyl (C=O) groups excluding carboxylic acids is 2. The van der Waals surface area contributed by atoms with Crippen molar-refractivity contribution >= 4 is 45.8 Å². The lowest BCUT2D eigenvalue weighted by molar-refractivity contribution is -0.211. The van der Waals surface area contributed by atoms with Crippen molar-refractivity contribution in [3.8, 4) is 22.5 Å². The number of benzene rings is 2. The first-order chi connectivity index (χ1) is 43.9. The number of aryl methyl sites for hydroxylation is 1. The summed E-state index contributed by atoms with van der Waals surface area (Å²) >= 11 is 0. The van der Waals surface area contributed by atoms with Gasteiger partial charge in [-0.2, -0.15) is 0 Å². The highest BCUT2D eigenvalue weighted by atomic mass is 16.6. The molecule has 1 amide bonds. The fourth-order valence-electron chi connectivity index (χ4n) is 22.8. The van der Waals surface area contributed by atoms with E-state index in [1.807, 2.05) is 27.0 Å². The average molecular weight is 1260 g/mol. The Balaban J connectivity index is 0.658. The summed E-state index contributed by atoms with van der Waals surface area (Å²) in [5.41, 5.74) is 6.50. The standard InChI is InChI=1S/C76H108N8O8/c1-46(16-25-69(87)88)62-41-63-57-36-47(2)61-40-53(27-31-75(61,8)60(57)29-33-76(62,63)9)91-70(89)45-83-44-65(79-81-83)50-18-22-55-54-21-17-49(38-66(54)84(67(55)39-50)35-12-10-11-34-77-71(90)92-72(3,4)5)64-43-82(80-78-64)42-48-26-30-74(7)52(37-48)19-23-56-58-24-20-51(14-13-15-68(85)86)73(58,6)32-28-59(56)74/h17-18,21-22,38-39,43-44,46-48,51-53,56-63H,10-16,19-20,23-37,40-42,45H2,1-9H3,(H,77,90)(H,85,86)(H,87,88)/t46-,47+,48?,51?,52?,53?,56?,57?,58?,59?,60?,61+,62?,63?,73?,74?,75?,76?/m1/s1. The van der Waals surface area contributed by atoms with Gasteiger partial charge in [0, 0.05) is 65.4 Å². The molecule has 16 heteroatoms. The topological polar surface area (TPSA) is 206 Å². The minimum absolute atomic E-state index is 0.000144.